The molecule has 1 aliphatic carbocycles. The topological polar surface area (TPSA) is 21.3 Å². The molecule has 1 N–H and O–H groups in total. The summed E-state index contributed by atoms with van der Waals surface area (Å²) in [5.74, 6) is 2.07. The number of hydrogen-bond acceptors (Lipinski definition) is 3. The fourth-order valence-corrected chi connectivity index (χ4v) is 3.02. The smallest absolute Gasteiger partial charge is 0.118 e. The summed E-state index contributed by atoms with van der Waals surface area (Å²) in [4.78, 5) is 1.32. The molecule has 0 aliphatic heterocycles. The van der Waals surface area contributed by atoms with Gasteiger partial charge in [-0.1, -0.05) is 12.8 Å². The third kappa shape index (κ3) is 4.25. The van der Waals surface area contributed by atoms with Gasteiger partial charge in [-0.15, -0.1) is 11.8 Å². The fourth-order valence-electron chi connectivity index (χ4n) is 2.23. The molecular formula is C14H21NOS. The van der Waals surface area contributed by atoms with Crippen LogP contribution in [0.3, 0.4) is 0 Å². The molecule has 0 aromatic heterocycles. The molecule has 1 aromatic carbocycles. The zero-order valence-electron chi connectivity index (χ0n) is 10.4. The van der Waals surface area contributed by atoms with Gasteiger partial charge in [0.15, 0.2) is 0 Å². The van der Waals surface area contributed by atoms with E-state index in [1.165, 1.54) is 30.6 Å². The number of methoxy groups -OCH3 is 1. The molecule has 0 spiro atoms. The van der Waals surface area contributed by atoms with Crippen LogP contribution in [0.25, 0.3) is 0 Å². The summed E-state index contributed by atoms with van der Waals surface area (Å²) in [5, 5.41) is 3.63. The first-order chi connectivity index (χ1) is 8.38. The van der Waals surface area contributed by atoms with E-state index in [4.69, 9.17) is 4.74 Å². The van der Waals surface area contributed by atoms with Gasteiger partial charge >= 0.3 is 0 Å². The Morgan fingerprint density at radius 3 is 2.59 bits per heavy atom. The second-order valence-corrected chi connectivity index (χ2v) is 5.63. The zero-order valence-corrected chi connectivity index (χ0v) is 11.3. The highest BCUT2D eigenvalue weighted by Crippen LogP contribution is 2.21. The Morgan fingerprint density at radius 1 is 1.24 bits per heavy atom. The molecule has 1 saturated carbocycles. The van der Waals surface area contributed by atoms with Crippen LogP contribution >= 0.6 is 11.8 Å². The van der Waals surface area contributed by atoms with E-state index in [9.17, 15) is 0 Å². The average molecular weight is 251 g/mol. The van der Waals surface area contributed by atoms with E-state index in [0.29, 0.717) is 0 Å². The van der Waals surface area contributed by atoms with Crippen molar-refractivity contribution >= 4 is 11.8 Å². The van der Waals surface area contributed by atoms with Crippen molar-refractivity contribution in [1.82, 2.24) is 5.32 Å². The van der Waals surface area contributed by atoms with E-state index >= 15 is 0 Å². The van der Waals surface area contributed by atoms with Gasteiger partial charge in [0.05, 0.1) is 7.11 Å². The van der Waals surface area contributed by atoms with Crippen LogP contribution in [0.15, 0.2) is 29.2 Å². The number of ether oxygens (including phenoxy) is 1. The van der Waals surface area contributed by atoms with Gasteiger partial charge in [-0.3, -0.25) is 0 Å². The predicted molar refractivity (Wildman–Crippen MR) is 74.0 cm³/mol. The van der Waals surface area contributed by atoms with Crippen LogP contribution in [0, 0.1) is 0 Å². The average Bonchev–Trinajstić information content (AvgIpc) is 2.88. The third-order valence-electron chi connectivity index (χ3n) is 3.22. The van der Waals surface area contributed by atoms with Crippen molar-refractivity contribution in [2.45, 2.75) is 36.6 Å². The minimum Gasteiger partial charge on any atom is -0.497 e. The molecule has 17 heavy (non-hydrogen) atoms. The monoisotopic (exact) mass is 251 g/mol. The van der Waals surface area contributed by atoms with Crippen LogP contribution in [0.1, 0.15) is 25.7 Å². The summed E-state index contributed by atoms with van der Waals surface area (Å²) in [7, 11) is 1.70. The molecule has 0 heterocycles. The lowest BCUT2D eigenvalue weighted by molar-refractivity contribution is 0.414. The van der Waals surface area contributed by atoms with Gasteiger partial charge in [-0.05, 0) is 37.1 Å². The van der Waals surface area contributed by atoms with E-state index in [0.717, 1.165) is 24.1 Å². The lowest BCUT2D eigenvalue weighted by Crippen LogP contribution is -2.27. The molecule has 1 fully saturated rings. The number of nitrogens with one attached hydrogen (secondary N) is 1. The Balaban J connectivity index is 1.63. The summed E-state index contributed by atoms with van der Waals surface area (Å²) >= 11 is 1.90. The molecular weight excluding hydrogens is 230 g/mol. The molecule has 0 radical (unpaired) electrons. The van der Waals surface area contributed by atoms with E-state index in [1.807, 2.05) is 23.9 Å². The van der Waals surface area contributed by atoms with Crippen molar-refractivity contribution in [1.29, 1.82) is 0 Å². The van der Waals surface area contributed by atoms with E-state index in [1.54, 1.807) is 7.11 Å². The van der Waals surface area contributed by atoms with Crippen LogP contribution in [-0.4, -0.2) is 25.4 Å². The predicted octanol–water partition coefficient (Wildman–Crippen LogP) is 3.32. The minimum absolute atomic E-state index is 0.784. The van der Waals surface area contributed by atoms with Crippen molar-refractivity contribution in [3.05, 3.63) is 24.3 Å². The van der Waals surface area contributed by atoms with Crippen molar-refractivity contribution < 1.29 is 4.74 Å². The molecule has 1 aliphatic rings. The van der Waals surface area contributed by atoms with Gasteiger partial charge in [0.1, 0.15) is 5.75 Å². The second-order valence-electron chi connectivity index (χ2n) is 4.46. The lowest BCUT2D eigenvalue weighted by Gasteiger charge is -2.11. The van der Waals surface area contributed by atoms with Crippen molar-refractivity contribution in [2.24, 2.45) is 0 Å². The Hall–Kier alpha value is -0.670. The van der Waals surface area contributed by atoms with Crippen molar-refractivity contribution in [3.63, 3.8) is 0 Å². The van der Waals surface area contributed by atoms with Gasteiger partial charge in [-0.25, -0.2) is 0 Å². The maximum Gasteiger partial charge on any atom is 0.118 e. The Labute approximate surface area is 108 Å². The molecule has 0 atom stereocenters. The lowest BCUT2D eigenvalue weighted by atomic mass is 10.2. The second kappa shape index (κ2) is 6.92. The number of thioether (sulfide) groups is 1. The van der Waals surface area contributed by atoms with Gasteiger partial charge < -0.3 is 10.1 Å². The summed E-state index contributed by atoms with van der Waals surface area (Å²) in [6, 6.07) is 9.07. The highest BCUT2D eigenvalue weighted by molar-refractivity contribution is 7.99. The first kappa shape index (κ1) is 12.8. The van der Waals surface area contributed by atoms with Crippen molar-refractivity contribution in [2.75, 3.05) is 19.4 Å². The Bertz CT molecular complexity index is 319. The number of benzene rings is 1. The van der Waals surface area contributed by atoms with Gasteiger partial charge in [0.25, 0.3) is 0 Å². The molecule has 2 rings (SSSR count). The van der Waals surface area contributed by atoms with Gasteiger partial charge in [-0.2, -0.15) is 0 Å². The SMILES string of the molecule is COc1ccc(SCCNC2CCCC2)cc1. The maximum atomic E-state index is 5.14. The normalized spacial score (nSPS) is 16.3. The van der Waals surface area contributed by atoms with Crippen LogP contribution in [0.4, 0.5) is 0 Å². The number of rotatable bonds is 6. The highest BCUT2D eigenvalue weighted by Gasteiger charge is 2.13. The summed E-state index contributed by atoms with van der Waals surface area (Å²) < 4.78 is 5.14. The molecule has 3 heteroatoms. The third-order valence-corrected chi connectivity index (χ3v) is 4.23. The van der Waals surface area contributed by atoms with E-state index in [2.05, 4.69) is 17.4 Å². The molecule has 1 aromatic rings. The molecule has 0 saturated heterocycles. The molecule has 0 bridgehead atoms. The maximum absolute atomic E-state index is 5.14. The van der Waals surface area contributed by atoms with Crippen molar-refractivity contribution in [3.8, 4) is 5.75 Å². The quantitative estimate of drug-likeness (QED) is 0.619. The highest BCUT2D eigenvalue weighted by atomic mass is 32.2. The van der Waals surface area contributed by atoms with E-state index < -0.39 is 0 Å². The zero-order chi connectivity index (χ0) is 11.9. The molecule has 94 valence electrons. The summed E-state index contributed by atoms with van der Waals surface area (Å²) in [5.41, 5.74) is 0. The molecule has 0 amide bonds. The standard InChI is InChI=1S/C14H21NOS/c1-16-13-6-8-14(9-7-13)17-11-10-15-12-4-2-3-5-12/h6-9,12,15H,2-5,10-11H2,1H3. The first-order valence-corrected chi connectivity index (χ1v) is 7.37. The van der Waals surface area contributed by atoms with Gasteiger partial charge in [0.2, 0.25) is 0 Å². The minimum atomic E-state index is 0.784. The van der Waals surface area contributed by atoms with Crippen LogP contribution < -0.4 is 10.1 Å². The van der Waals surface area contributed by atoms with Crippen LogP contribution in [-0.2, 0) is 0 Å². The van der Waals surface area contributed by atoms with E-state index in [-0.39, 0.29) is 0 Å². The largest absolute Gasteiger partial charge is 0.497 e. The molecule has 0 unspecified atom stereocenters. The summed E-state index contributed by atoms with van der Waals surface area (Å²) in [6.07, 6.45) is 5.55. The molecule has 2 nitrogen and oxygen atoms in total. The first-order valence-electron chi connectivity index (χ1n) is 6.39. The Morgan fingerprint density at radius 2 is 1.94 bits per heavy atom. The number of hydrogen-bond donors (Lipinski definition) is 1. The van der Waals surface area contributed by atoms with Gasteiger partial charge in [0, 0.05) is 23.2 Å². The fraction of sp³-hybridized carbons (Fsp3) is 0.571. The summed E-state index contributed by atoms with van der Waals surface area (Å²) in [6.45, 7) is 1.11. The van der Waals surface area contributed by atoms with Crippen LogP contribution in [0.2, 0.25) is 0 Å². The van der Waals surface area contributed by atoms with Crippen LogP contribution in [0.5, 0.6) is 5.75 Å². The Kier molecular flexibility index (Phi) is 5.20.